The van der Waals surface area contributed by atoms with Gasteiger partial charge in [-0.25, -0.2) is 0 Å². The Morgan fingerprint density at radius 2 is 1.62 bits per heavy atom. The summed E-state index contributed by atoms with van der Waals surface area (Å²) in [5, 5.41) is 3.21. The lowest BCUT2D eigenvalue weighted by atomic mass is 9.89. The van der Waals surface area contributed by atoms with Gasteiger partial charge in [0, 0.05) is 17.8 Å². The first-order chi connectivity index (χ1) is 15.5. The van der Waals surface area contributed by atoms with Crippen molar-refractivity contribution in [1.82, 2.24) is 10.2 Å². The fraction of sp³-hybridized carbons (Fsp3) is 0.385. The lowest BCUT2D eigenvalue weighted by molar-refractivity contribution is -0.126. The van der Waals surface area contributed by atoms with Crippen molar-refractivity contribution in [2.45, 2.75) is 51.1 Å². The van der Waals surface area contributed by atoms with Crippen molar-refractivity contribution in [3.8, 4) is 11.5 Å². The number of benzene rings is 2. The Balaban J connectivity index is 1.78. The molecule has 1 saturated carbocycles. The molecular formula is C26H30N2O4. The summed E-state index contributed by atoms with van der Waals surface area (Å²) in [5.41, 5.74) is 3.03. The van der Waals surface area contributed by atoms with Crippen molar-refractivity contribution < 1.29 is 19.1 Å². The molecule has 1 N–H and O–H groups in total. The zero-order valence-corrected chi connectivity index (χ0v) is 18.9. The maximum atomic E-state index is 13.6. The van der Waals surface area contributed by atoms with Crippen LogP contribution in [0.2, 0.25) is 0 Å². The summed E-state index contributed by atoms with van der Waals surface area (Å²) in [4.78, 5) is 28.7. The van der Waals surface area contributed by atoms with Crippen molar-refractivity contribution in [3.05, 3.63) is 65.4 Å². The summed E-state index contributed by atoms with van der Waals surface area (Å²) >= 11 is 0. The van der Waals surface area contributed by atoms with Gasteiger partial charge in [-0.15, -0.1) is 0 Å². The van der Waals surface area contributed by atoms with Crippen LogP contribution in [0, 0.1) is 0 Å². The van der Waals surface area contributed by atoms with E-state index in [-0.39, 0.29) is 17.9 Å². The summed E-state index contributed by atoms with van der Waals surface area (Å²) in [5.74, 6) is 0.740. The van der Waals surface area contributed by atoms with Crippen LogP contribution in [0.1, 0.15) is 66.6 Å². The second-order valence-electron chi connectivity index (χ2n) is 8.43. The molecule has 4 rings (SSSR count). The van der Waals surface area contributed by atoms with Crippen LogP contribution in [0.25, 0.3) is 5.57 Å². The molecule has 1 aliphatic heterocycles. The van der Waals surface area contributed by atoms with Gasteiger partial charge >= 0.3 is 0 Å². The zero-order chi connectivity index (χ0) is 22.7. The molecule has 0 saturated heterocycles. The quantitative estimate of drug-likeness (QED) is 0.740. The Labute approximate surface area is 189 Å². The number of nitrogens with one attached hydrogen (secondary N) is 1. The van der Waals surface area contributed by atoms with Crippen LogP contribution in [-0.4, -0.2) is 37.0 Å². The number of methoxy groups -OCH3 is 2. The second-order valence-corrected chi connectivity index (χ2v) is 8.43. The number of allylic oxidation sites excluding steroid dienone is 1. The first-order valence-corrected chi connectivity index (χ1v) is 11.2. The number of fused-ring (bicyclic) bond motifs is 1. The third kappa shape index (κ3) is 4.22. The first kappa shape index (κ1) is 21.9. The van der Waals surface area contributed by atoms with Crippen LogP contribution in [0.5, 0.6) is 11.5 Å². The Morgan fingerprint density at radius 3 is 2.28 bits per heavy atom. The van der Waals surface area contributed by atoms with E-state index >= 15 is 0 Å². The standard InChI is InChI=1S/C26H30N2O4/c1-17-16-28(26(30)18-10-6-4-7-11-18)24(25(29)27-19-12-8-5-9-13-19)21-15-23(32-3)22(31-2)14-20(17)21/h4,6-7,10-11,14-16,19,24H,5,8-9,12-13H2,1-3H3,(H,27,29). The van der Waals surface area contributed by atoms with Crippen molar-refractivity contribution in [2.24, 2.45) is 0 Å². The van der Waals surface area contributed by atoms with Crippen LogP contribution in [-0.2, 0) is 4.79 Å². The van der Waals surface area contributed by atoms with E-state index in [1.165, 1.54) is 6.42 Å². The van der Waals surface area contributed by atoms with Crippen molar-refractivity contribution in [3.63, 3.8) is 0 Å². The van der Waals surface area contributed by atoms with Crippen molar-refractivity contribution in [2.75, 3.05) is 14.2 Å². The van der Waals surface area contributed by atoms with Crippen molar-refractivity contribution in [1.29, 1.82) is 0 Å². The number of carbonyl (C=O) groups is 2. The predicted molar refractivity (Wildman–Crippen MR) is 124 cm³/mol. The fourth-order valence-corrected chi connectivity index (χ4v) is 4.67. The molecule has 1 aliphatic carbocycles. The molecule has 0 aromatic heterocycles. The van der Waals surface area contributed by atoms with E-state index in [1.54, 1.807) is 37.5 Å². The first-order valence-electron chi connectivity index (χ1n) is 11.2. The largest absolute Gasteiger partial charge is 0.493 e. The number of amides is 2. The molecule has 168 valence electrons. The van der Waals surface area contributed by atoms with Gasteiger partial charge < -0.3 is 14.8 Å². The van der Waals surface area contributed by atoms with Crippen LogP contribution in [0.3, 0.4) is 0 Å². The third-order valence-corrected chi connectivity index (χ3v) is 6.34. The molecule has 1 atom stereocenters. The highest BCUT2D eigenvalue weighted by Crippen LogP contribution is 2.42. The Kier molecular flexibility index (Phi) is 6.49. The summed E-state index contributed by atoms with van der Waals surface area (Å²) < 4.78 is 11.0. The molecule has 0 radical (unpaired) electrons. The molecule has 6 heteroatoms. The number of rotatable bonds is 5. The van der Waals surface area contributed by atoms with E-state index in [9.17, 15) is 9.59 Å². The van der Waals surface area contributed by atoms with Gasteiger partial charge in [0.15, 0.2) is 11.5 Å². The molecule has 1 heterocycles. The van der Waals surface area contributed by atoms with Gasteiger partial charge in [0.05, 0.1) is 14.2 Å². The van der Waals surface area contributed by atoms with Crippen LogP contribution >= 0.6 is 0 Å². The highest BCUT2D eigenvalue weighted by molar-refractivity contribution is 6.01. The van der Waals surface area contributed by atoms with Gasteiger partial charge in [0.2, 0.25) is 5.91 Å². The van der Waals surface area contributed by atoms with E-state index < -0.39 is 6.04 Å². The molecule has 6 nitrogen and oxygen atoms in total. The van der Waals surface area contributed by atoms with E-state index in [2.05, 4.69) is 5.32 Å². The Bertz CT molecular complexity index is 1030. The lowest BCUT2D eigenvalue weighted by Crippen LogP contribution is -2.46. The summed E-state index contributed by atoms with van der Waals surface area (Å²) in [6, 6.07) is 12.1. The summed E-state index contributed by atoms with van der Waals surface area (Å²) in [6.45, 7) is 1.94. The van der Waals surface area contributed by atoms with Gasteiger partial charge in [-0.05, 0) is 60.7 Å². The second kappa shape index (κ2) is 9.47. The number of hydrogen-bond donors (Lipinski definition) is 1. The van der Waals surface area contributed by atoms with Crippen LogP contribution in [0.15, 0.2) is 48.7 Å². The molecule has 2 aliphatic rings. The van der Waals surface area contributed by atoms with Gasteiger partial charge in [0.1, 0.15) is 6.04 Å². The van der Waals surface area contributed by atoms with E-state index in [0.717, 1.165) is 42.4 Å². The normalized spacial score (nSPS) is 18.4. The molecule has 2 aromatic rings. The molecule has 1 unspecified atom stereocenters. The molecule has 2 amide bonds. The minimum absolute atomic E-state index is 0.139. The maximum Gasteiger partial charge on any atom is 0.258 e. The SMILES string of the molecule is COc1cc2c(cc1OC)C(C(=O)NC1CCCCC1)N(C(=O)c1ccccc1)C=C2C. The lowest BCUT2D eigenvalue weighted by Gasteiger charge is -2.36. The fourth-order valence-electron chi connectivity index (χ4n) is 4.67. The molecule has 2 aromatic carbocycles. The summed E-state index contributed by atoms with van der Waals surface area (Å²) in [6.07, 6.45) is 7.15. The third-order valence-electron chi connectivity index (χ3n) is 6.34. The monoisotopic (exact) mass is 434 g/mol. The van der Waals surface area contributed by atoms with Gasteiger partial charge in [-0.3, -0.25) is 14.5 Å². The topological polar surface area (TPSA) is 67.9 Å². The maximum absolute atomic E-state index is 13.6. The Hall–Kier alpha value is -3.28. The molecule has 32 heavy (non-hydrogen) atoms. The van der Waals surface area contributed by atoms with Crippen LogP contribution < -0.4 is 14.8 Å². The van der Waals surface area contributed by atoms with Gasteiger partial charge in [-0.2, -0.15) is 0 Å². The highest BCUT2D eigenvalue weighted by atomic mass is 16.5. The van der Waals surface area contributed by atoms with E-state index in [0.29, 0.717) is 17.1 Å². The van der Waals surface area contributed by atoms with Gasteiger partial charge in [0.25, 0.3) is 5.91 Å². The Morgan fingerprint density at radius 1 is 0.969 bits per heavy atom. The number of nitrogens with zero attached hydrogens (tertiary/aromatic N) is 1. The number of hydrogen-bond acceptors (Lipinski definition) is 4. The predicted octanol–water partition coefficient (Wildman–Crippen LogP) is 4.71. The smallest absolute Gasteiger partial charge is 0.258 e. The van der Waals surface area contributed by atoms with Crippen molar-refractivity contribution >= 4 is 17.4 Å². The molecule has 0 bridgehead atoms. The van der Waals surface area contributed by atoms with Gasteiger partial charge in [-0.1, -0.05) is 37.5 Å². The van der Waals surface area contributed by atoms with E-state index in [1.807, 2.05) is 37.3 Å². The number of carbonyl (C=O) groups excluding carboxylic acids is 2. The minimum atomic E-state index is -0.789. The average molecular weight is 435 g/mol. The van der Waals surface area contributed by atoms with Crippen LogP contribution in [0.4, 0.5) is 0 Å². The minimum Gasteiger partial charge on any atom is -0.493 e. The molecule has 0 spiro atoms. The molecular weight excluding hydrogens is 404 g/mol. The number of ether oxygens (including phenoxy) is 2. The summed E-state index contributed by atoms with van der Waals surface area (Å²) in [7, 11) is 3.16. The molecule has 1 fully saturated rings. The highest BCUT2D eigenvalue weighted by Gasteiger charge is 2.37. The average Bonchev–Trinajstić information content (AvgIpc) is 2.83. The zero-order valence-electron chi connectivity index (χ0n) is 18.9. The van der Waals surface area contributed by atoms with E-state index in [4.69, 9.17) is 9.47 Å².